The van der Waals surface area contributed by atoms with Crippen molar-refractivity contribution < 1.29 is 0 Å². The summed E-state index contributed by atoms with van der Waals surface area (Å²) >= 11 is 0. The van der Waals surface area contributed by atoms with Gasteiger partial charge >= 0.3 is 0 Å². The molecule has 35 heavy (non-hydrogen) atoms. The zero-order chi connectivity index (χ0) is 23.2. The summed E-state index contributed by atoms with van der Waals surface area (Å²) in [7, 11) is 0. The minimum Gasteiger partial charge on any atom is -0.299 e. The van der Waals surface area contributed by atoms with Gasteiger partial charge in [-0.25, -0.2) is 4.98 Å². The van der Waals surface area contributed by atoms with Gasteiger partial charge in [-0.05, 0) is 75.2 Å². The maximum Gasteiger partial charge on any atom is 0.145 e. The minimum atomic E-state index is 0.998. The van der Waals surface area contributed by atoms with Crippen LogP contribution in [0.1, 0.15) is 0 Å². The van der Waals surface area contributed by atoms with Crippen molar-refractivity contribution in [3.05, 3.63) is 134 Å². The summed E-state index contributed by atoms with van der Waals surface area (Å²) in [5.74, 6) is 0. The fourth-order valence-electron chi connectivity index (χ4n) is 5.00. The molecule has 0 saturated heterocycles. The molecule has 0 bridgehead atoms. The topological polar surface area (TPSA) is 17.3 Å². The van der Waals surface area contributed by atoms with Crippen LogP contribution in [0.4, 0.5) is 0 Å². The van der Waals surface area contributed by atoms with Gasteiger partial charge in [-0.2, -0.15) is 0 Å². The second-order valence-electron chi connectivity index (χ2n) is 8.94. The normalized spacial score (nSPS) is 11.4. The van der Waals surface area contributed by atoms with Crippen LogP contribution in [0.15, 0.2) is 134 Å². The number of imidazole rings is 1. The molecule has 2 heteroatoms. The Kier molecular flexibility index (Phi) is 4.49. The summed E-state index contributed by atoms with van der Waals surface area (Å²) in [6.45, 7) is 0. The Morgan fingerprint density at radius 1 is 0.457 bits per heavy atom. The lowest BCUT2D eigenvalue weighted by Crippen LogP contribution is -1.88. The Balaban J connectivity index is 1.45. The summed E-state index contributed by atoms with van der Waals surface area (Å²) in [6.07, 6.45) is 2.13. The molecule has 0 aliphatic rings. The van der Waals surface area contributed by atoms with Crippen LogP contribution < -0.4 is 0 Å². The predicted octanol–water partition coefficient (Wildman–Crippen LogP) is 8.64. The Morgan fingerprint density at radius 2 is 1.06 bits per heavy atom. The largest absolute Gasteiger partial charge is 0.299 e. The third kappa shape index (κ3) is 3.39. The summed E-state index contributed by atoms with van der Waals surface area (Å²) in [5.41, 5.74) is 10.4. The first-order chi connectivity index (χ1) is 17.3. The third-order valence-electron chi connectivity index (χ3n) is 6.77. The van der Waals surface area contributed by atoms with Crippen LogP contribution in [-0.2, 0) is 0 Å². The van der Waals surface area contributed by atoms with Crippen molar-refractivity contribution in [1.29, 1.82) is 0 Å². The third-order valence-corrected chi connectivity index (χ3v) is 6.77. The molecule has 0 unspecified atom stereocenters. The number of aromatic nitrogens is 2. The first-order valence-electron chi connectivity index (χ1n) is 11.9. The van der Waals surface area contributed by atoms with E-state index in [1.165, 1.54) is 44.2 Å². The van der Waals surface area contributed by atoms with Crippen molar-refractivity contribution in [2.75, 3.05) is 0 Å². The quantitative estimate of drug-likeness (QED) is 0.265. The van der Waals surface area contributed by atoms with Crippen LogP contribution in [-0.4, -0.2) is 9.38 Å². The summed E-state index contributed by atoms with van der Waals surface area (Å²) in [5, 5.41) is 2.38. The van der Waals surface area contributed by atoms with Crippen molar-refractivity contribution >= 4 is 27.5 Å². The average Bonchev–Trinajstić information content (AvgIpc) is 3.32. The van der Waals surface area contributed by atoms with Crippen LogP contribution in [0.25, 0.3) is 60.8 Å². The van der Waals surface area contributed by atoms with E-state index < -0.39 is 0 Å². The number of rotatable bonds is 3. The molecule has 0 radical (unpaired) electrons. The zero-order valence-corrected chi connectivity index (χ0v) is 19.1. The van der Waals surface area contributed by atoms with Gasteiger partial charge in [0.15, 0.2) is 0 Å². The molecule has 0 spiro atoms. The molecule has 0 atom stereocenters. The van der Waals surface area contributed by atoms with E-state index in [2.05, 4.69) is 138 Å². The maximum atomic E-state index is 4.97. The summed E-state index contributed by atoms with van der Waals surface area (Å²) in [4.78, 5) is 4.97. The summed E-state index contributed by atoms with van der Waals surface area (Å²) in [6, 6.07) is 45.3. The molecule has 7 aromatic rings. The van der Waals surface area contributed by atoms with Gasteiger partial charge in [0.1, 0.15) is 5.65 Å². The number of nitrogens with zero attached hydrogens (tertiary/aromatic N) is 2. The van der Waals surface area contributed by atoms with Crippen molar-refractivity contribution in [3.63, 3.8) is 0 Å². The van der Waals surface area contributed by atoms with E-state index in [0.717, 1.165) is 16.7 Å². The SMILES string of the molecule is c1ccc(-c2cc(-c3ccccc3)cc(-c3ccc4nc5c6ccccc6ccn5c4c3)c2)cc1. The monoisotopic (exact) mass is 446 g/mol. The van der Waals surface area contributed by atoms with E-state index >= 15 is 0 Å². The average molecular weight is 447 g/mol. The molecular weight excluding hydrogens is 424 g/mol. The second kappa shape index (κ2) is 7.96. The van der Waals surface area contributed by atoms with E-state index in [0.29, 0.717) is 0 Å². The fourth-order valence-corrected chi connectivity index (χ4v) is 5.00. The molecule has 0 saturated carbocycles. The molecule has 2 nitrogen and oxygen atoms in total. The van der Waals surface area contributed by atoms with Gasteiger partial charge in [-0.1, -0.05) is 91.0 Å². The smallest absolute Gasteiger partial charge is 0.145 e. The molecule has 2 aromatic heterocycles. The van der Waals surface area contributed by atoms with Gasteiger partial charge in [0.2, 0.25) is 0 Å². The first-order valence-corrected chi connectivity index (χ1v) is 11.9. The van der Waals surface area contributed by atoms with Crippen molar-refractivity contribution in [1.82, 2.24) is 9.38 Å². The van der Waals surface area contributed by atoms with Crippen LogP contribution >= 0.6 is 0 Å². The van der Waals surface area contributed by atoms with Gasteiger partial charge in [0.05, 0.1) is 11.0 Å². The van der Waals surface area contributed by atoms with Gasteiger partial charge < -0.3 is 0 Å². The highest BCUT2D eigenvalue weighted by atomic mass is 15.0. The molecule has 7 rings (SSSR count). The Labute approximate surface area is 203 Å². The van der Waals surface area contributed by atoms with Crippen LogP contribution in [0.5, 0.6) is 0 Å². The van der Waals surface area contributed by atoms with Crippen LogP contribution in [0.3, 0.4) is 0 Å². The van der Waals surface area contributed by atoms with Gasteiger partial charge in [0, 0.05) is 11.6 Å². The Morgan fingerprint density at radius 3 is 1.74 bits per heavy atom. The van der Waals surface area contributed by atoms with Crippen LogP contribution in [0, 0.1) is 0 Å². The second-order valence-corrected chi connectivity index (χ2v) is 8.94. The van der Waals surface area contributed by atoms with E-state index in [9.17, 15) is 0 Å². The molecule has 0 fully saturated rings. The number of pyridine rings is 1. The fraction of sp³-hybridized carbons (Fsp3) is 0. The molecule has 0 aliphatic heterocycles. The van der Waals surface area contributed by atoms with Gasteiger partial charge in [0.25, 0.3) is 0 Å². The van der Waals surface area contributed by atoms with Crippen molar-refractivity contribution in [3.8, 4) is 33.4 Å². The van der Waals surface area contributed by atoms with E-state index in [-0.39, 0.29) is 0 Å². The van der Waals surface area contributed by atoms with E-state index in [4.69, 9.17) is 4.98 Å². The van der Waals surface area contributed by atoms with Gasteiger partial charge in [-0.15, -0.1) is 0 Å². The number of hydrogen-bond donors (Lipinski definition) is 0. The maximum absolute atomic E-state index is 4.97. The number of benzene rings is 5. The van der Waals surface area contributed by atoms with Crippen LogP contribution in [0.2, 0.25) is 0 Å². The summed E-state index contributed by atoms with van der Waals surface area (Å²) < 4.78 is 2.21. The molecule has 0 N–H and O–H groups in total. The van der Waals surface area contributed by atoms with E-state index in [1.807, 2.05) is 0 Å². The lowest BCUT2D eigenvalue weighted by molar-refractivity contribution is 1.25. The van der Waals surface area contributed by atoms with Crippen molar-refractivity contribution in [2.24, 2.45) is 0 Å². The Hall–Kier alpha value is -4.69. The Bertz CT molecular complexity index is 1770. The lowest BCUT2D eigenvalue weighted by atomic mass is 9.93. The van der Waals surface area contributed by atoms with E-state index in [1.54, 1.807) is 0 Å². The number of hydrogen-bond acceptors (Lipinski definition) is 1. The first kappa shape index (κ1) is 19.7. The molecule has 5 aromatic carbocycles. The molecule has 0 amide bonds. The molecule has 164 valence electrons. The zero-order valence-electron chi connectivity index (χ0n) is 19.1. The molecule has 0 aliphatic carbocycles. The number of fused-ring (bicyclic) bond motifs is 5. The highest BCUT2D eigenvalue weighted by Crippen LogP contribution is 2.34. The lowest BCUT2D eigenvalue weighted by Gasteiger charge is -2.11. The highest BCUT2D eigenvalue weighted by molar-refractivity contribution is 5.99. The molecular formula is C33H22N2. The predicted molar refractivity (Wildman–Crippen MR) is 147 cm³/mol. The minimum absolute atomic E-state index is 0.998. The molecule has 2 heterocycles. The standard InChI is InChI=1S/C33H22N2/c1-3-9-23(10-4-1)27-19-28(24-11-5-2-6-12-24)21-29(20-27)26-15-16-31-32(22-26)35-18-17-25-13-7-8-14-30(25)33(35)34-31/h1-22H. The van der Waals surface area contributed by atoms with Gasteiger partial charge in [-0.3, -0.25) is 4.40 Å². The van der Waals surface area contributed by atoms with Crippen molar-refractivity contribution in [2.45, 2.75) is 0 Å². The highest BCUT2D eigenvalue weighted by Gasteiger charge is 2.11.